The van der Waals surface area contributed by atoms with Crippen LogP contribution in [-0.2, 0) is 16.1 Å². The van der Waals surface area contributed by atoms with E-state index in [2.05, 4.69) is 15.4 Å². The Labute approximate surface area is 168 Å². The van der Waals surface area contributed by atoms with Crippen molar-refractivity contribution in [3.05, 3.63) is 53.5 Å². The van der Waals surface area contributed by atoms with Gasteiger partial charge in [-0.3, -0.25) is 19.3 Å². The number of nitrogens with one attached hydrogen (secondary N) is 1. The number of morpholine rings is 1. The summed E-state index contributed by atoms with van der Waals surface area (Å²) in [6.45, 7) is 5.93. The Morgan fingerprint density at radius 3 is 2.69 bits per heavy atom. The Kier molecular flexibility index (Phi) is 5.26. The van der Waals surface area contributed by atoms with E-state index in [4.69, 9.17) is 4.74 Å². The first kappa shape index (κ1) is 19.1. The molecule has 2 aromatic heterocycles. The number of aryl methyl sites for hydroxylation is 2. The zero-order valence-corrected chi connectivity index (χ0v) is 16.5. The minimum Gasteiger partial charge on any atom is -0.378 e. The summed E-state index contributed by atoms with van der Waals surface area (Å²) in [6, 6.07) is 11.2. The molecular weight excluding hydrogens is 370 g/mol. The lowest BCUT2D eigenvalue weighted by Crippen LogP contribution is -2.40. The van der Waals surface area contributed by atoms with Gasteiger partial charge in [-0.25, -0.2) is 0 Å². The monoisotopic (exact) mass is 393 g/mol. The molecule has 0 unspecified atom stereocenters. The van der Waals surface area contributed by atoms with Crippen LogP contribution in [0.1, 0.15) is 21.9 Å². The van der Waals surface area contributed by atoms with Gasteiger partial charge >= 0.3 is 0 Å². The van der Waals surface area contributed by atoms with Crippen molar-refractivity contribution in [1.29, 1.82) is 0 Å². The summed E-state index contributed by atoms with van der Waals surface area (Å²) in [5, 5.41) is 8.19. The molecule has 1 aliphatic rings. The fourth-order valence-electron chi connectivity index (χ4n) is 3.44. The highest BCUT2D eigenvalue weighted by molar-refractivity contribution is 6.01. The standard InChI is InChI=1S/C21H23N5O3/c1-14-11-18(16-5-3-4-6-17(16)22-14)23-20(27)13-26-15(2)12-19(24-26)21(28)25-7-9-29-10-8-25/h3-6,11-12H,7-10,13H2,1-2H3,(H,22,23,27). The third-order valence-corrected chi connectivity index (χ3v) is 4.91. The van der Waals surface area contributed by atoms with Crippen LogP contribution in [0.25, 0.3) is 10.9 Å². The SMILES string of the molecule is Cc1cc(NC(=O)Cn2nc(C(=O)N3CCOCC3)cc2C)c2ccccc2n1. The van der Waals surface area contributed by atoms with E-state index in [1.807, 2.05) is 44.2 Å². The minimum atomic E-state index is -0.211. The predicted octanol–water partition coefficient (Wildman–Crippen LogP) is 2.16. The number of hydrogen-bond donors (Lipinski definition) is 1. The van der Waals surface area contributed by atoms with Crippen LogP contribution >= 0.6 is 0 Å². The van der Waals surface area contributed by atoms with E-state index < -0.39 is 0 Å². The molecule has 8 heteroatoms. The maximum absolute atomic E-state index is 12.7. The van der Waals surface area contributed by atoms with Crippen LogP contribution in [0.3, 0.4) is 0 Å². The highest BCUT2D eigenvalue weighted by Crippen LogP contribution is 2.23. The molecule has 8 nitrogen and oxygen atoms in total. The number of para-hydroxylation sites is 1. The number of amides is 2. The molecule has 0 bridgehead atoms. The molecule has 1 aromatic carbocycles. The zero-order valence-electron chi connectivity index (χ0n) is 16.5. The van der Waals surface area contributed by atoms with E-state index in [1.165, 1.54) is 0 Å². The van der Waals surface area contributed by atoms with Crippen molar-refractivity contribution in [2.45, 2.75) is 20.4 Å². The van der Waals surface area contributed by atoms with Crippen molar-refractivity contribution in [1.82, 2.24) is 19.7 Å². The van der Waals surface area contributed by atoms with E-state index in [0.717, 1.165) is 22.3 Å². The lowest BCUT2D eigenvalue weighted by Gasteiger charge is -2.25. The summed E-state index contributed by atoms with van der Waals surface area (Å²) in [6.07, 6.45) is 0. The number of benzene rings is 1. The zero-order chi connectivity index (χ0) is 20.4. The Bertz CT molecular complexity index is 1070. The summed E-state index contributed by atoms with van der Waals surface area (Å²) in [5.41, 5.74) is 3.48. The van der Waals surface area contributed by atoms with Gasteiger partial charge in [0.15, 0.2) is 5.69 Å². The van der Waals surface area contributed by atoms with Crippen LogP contribution in [0.15, 0.2) is 36.4 Å². The molecule has 1 fully saturated rings. The van der Waals surface area contributed by atoms with Crippen molar-refractivity contribution in [2.24, 2.45) is 0 Å². The van der Waals surface area contributed by atoms with Gasteiger partial charge in [-0.2, -0.15) is 5.10 Å². The molecule has 1 N–H and O–H groups in total. The van der Waals surface area contributed by atoms with Gasteiger partial charge in [0, 0.05) is 29.9 Å². The summed E-state index contributed by atoms with van der Waals surface area (Å²) >= 11 is 0. The predicted molar refractivity (Wildman–Crippen MR) is 109 cm³/mol. The maximum Gasteiger partial charge on any atom is 0.274 e. The van der Waals surface area contributed by atoms with Crippen molar-refractivity contribution >= 4 is 28.4 Å². The molecule has 0 radical (unpaired) electrons. The number of fused-ring (bicyclic) bond motifs is 1. The summed E-state index contributed by atoms with van der Waals surface area (Å²) in [5.74, 6) is -0.344. The molecule has 4 rings (SSSR count). The number of hydrogen-bond acceptors (Lipinski definition) is 5. The number of rotatable bonds is 4. The molecule has 29 heavy (non-hydrogen) atoms. The molecule has 0 saturated carbocycles. The molecule has 0 atom stereocenters. The summed E-state index contributed by atoms with van der Waals surface area (Å²) < 4.78 is 6.84. The van der Waals surface area contributed by atoms with Gasteiger partial charge in [-0.1, -0.05) is 18.2 Å². The molecule has 1 saturated heterocycles. The molecule has 3 aromatic rings. The number of ether oxygens (including phenoxy) is 1. The second-order valence-corrected chi connectivity index (χ2v) is 7.11. The van der Waals surface area contributed by atoms with E-state index in [1.54, 1.807) is 15.6 Å². The lowest BCUT2D eigenvalue weighted by atomic mass is 10.1. The third-order valence-electron chi connectivity index (χ3n) is 4.91. The average molecular weight is 393 g/mol. The molecule has 150 valence electrons. The number of pyridine rings is 1. The molecule has 1 aliphatic heterocycles. The van der Waals surface area contributed by atoms with Crippen LogP contribution < -0.4 is 5.32 Å². The second-order valence-electron chi connectivity index (χ2n) is 7.11. The van der Waals surface area contributed by atoms with Crippen molar-refractivity contribution in [2.75, 3.05) is 31.6 Å². The number of carbonyl (C=O) groups is 2. The smallest absolute Gasteiger partial charge is 0.274 e. The fraction of sp³-hybridized carbons (Fsp3) is 0.333. The van der Waals surface area contributed by atoms with Crippen molar-refractivity contribution in [3.8, 4) is 0 Å². The Hall–Kier alpha value is -3.26. The normalized spacial score (nSPS) is 14.2. The quantitative estimate of drug-likeness (QED) is 0.734. The first-order valence-electron chi connectivity index (χ1n) is 9.59. The Balaban J connectivity index is 1.49. The average Bonchev–Trinajstić information content (AvgIpc) is 3.08. The topological polar surface area (TPSA) is 89.4 Å². The minimum absolute atomic E-state index is 0.0257. The number of carbonyl (C=O) groups excluding carboxylic acids is 2. The molecule has 0 spiro atoms. The van der Waals surface area contributed by atoms with Gasteiger partial charge in [0.2, 0.25) is 5.91 Å². The van der Waals surface area contributed by atoms with Crippen LogP contribution in [-0.4, -0.2) is 57.8 Å². The van der Waals surface area contributed by atoms with E-state index in [0.29, 0.717) is 37.7 Å². The van der Waals surface area contributed by atoms with Gasteiger partial charge in [0.25, 0.3) is 5.91 Å². The van der Waals surface area contributed by atoms with Gasteiger partial charge in [-0.05, 0) is 32.0 Å². The van der Waals surface area contributed by atoms with Crippen LogP contribution in [0.2, 0.25) is 0 Å². The molecular formula is C21H23N5O3. The van der Waals surface area contributed by atoms with Gasteiger partial charge in [0.05, 0.1) is 24.4 Å². The molecule has 3 heterocycles. The third kappa shape index (κ3) is 4.12. The van der Waals surface area contributed by atoms with Crippen LogP contribution in [0.4, 0.5) is 5.69 Å². The highest BCUT2D eigenvalue weighted by atomic mass is 16.5. The van der Waals surface area contributed by atoms with Gasteiger partial charge < -0.3 is 15.0 Å². The molecule has 2 amide bonds. The van der Waals surface area contributed by atoms with Crippen molar-refractivity contribution in [3.63, 3.8) is 0 Å². The maximum atomic E-state index is 12.7. The van der Waals surface area contributed by atoms with E-state index >= 15 is 0 Å². The largest absolute Gasteiger partial charge is 0.378 e. The summed E-state index contributed by atoms with van der Waals surface area (Å²) in [4.78, 5) is 31.5. The number of aromatic nitrogens is 3. The van der Waals surface area contributed by atoms with Gasteiger partial charge in [0.1, 0.15) is 6.54 Å². The second kappa shape index (κ2) is 8.00. The Morgan fingerprint density at radius 1 is 1.14 bits per heavy atom. The molecule has 0 aliphatic carbocycles. The van der Waals surface area contributed by atoms with E-state index in [-0.39, 0.29) is 18.4 Å². The lowest BCUT2D eigenvalue weighted by molar-refractivity contribution is -0.116. The van der Waals surface area contributed by atoms with Gasteiger partial charge in [-0.15, -0.1) is 0 Å². The fourth-order valence-corrected chi connectivity index (χ4v) is 3.44. The van der Waals surface area contributed by atoms with Crippen LogP contribution in [0, 0.1) is 13.8 Å². The highest BCUT2D eigenvalue weighted by Gasteiger charge is 2.22. The first-order chi connectivity index (χ1) is 14.0. The van der Waals surface area contributed by atoms with Crippen LogP contribution in [0.5, 0.6) is 0 Å². The number of nitrogens with zero attached hydrogens (tertiary/aromatic N) is 4. The Morgan fingerprint density at radius 2 is 1.90 bits per heavy atom. The first-order valence-corrected chi connectivity index (χ1v) is 9.59. The number of anilines is 1. The van der Waals surface area contributed by atoms with E-state index in [9.17, 15) is 9.59 Å². The summed E-state index contributed by atoms with van der Waals surface area (Å²) in [7, 11) is 0. The van der Waals surface area contributed by atoms with Crippen molar-refractivity contribution < 1.29 is 14.3 Å².